The third-order valence-electron chi connectivity index (χ3n) is 13.3. The van der Waals surface area contributed by atoms with Gasteiger partial charge in [-0.15, -0.1) is 0 Å². The molecule has 11 aromatic rings. The van der Waals surface area contributed by atoms with Crippen LogP contribution in [0, 0.1) is 0 Å². The standard InChI is InChI=1S/C51H28N2O/c54-50-37-16-4-3-13-30(37)34-18-10-20-36-41-24-45-39(26-47(41)53(50)49(34)36)38-25-46-40(35-19-9-17-33-29-12-2-1-11-28(29)27-52(46)48(33)35)23-44(38)51(45)42-21-7-5-14-31(42)32-15-6-8-22-43(32)51/h1-26H,27H2. The molecule has 0 unspecified atom stereocenters. The van der Waals surface area contributed by atoms with Gasteiger partial charge in [0.2, 0.25) is 0 Å². The van der Waals surface area contributed by atoms with Crippen molar-refractivity contribution in [2.75, 3.05) is 0 Å². The zero-order valence-electron chi connectivity index (χ0n) is 29.0. The lowest BCUT2D eigenvalue weighted by Crippen LogP contribution is -2.25. The Hall–Kier alpha value is -6.97. The first kappa shape index (κ1) is 27.7. The molecule has 3 heteroatoms. The Morgan fingerprint density at radius 1 is 0.389 bits per heavy atom. The predicted molar refractivity (Wildman–Crippen MR) is 221 cm³/mol. The zero-order chi connectivity index (χ0) is 35.0. The normalized spacial score (nSPS) is 14.4. The molecule has 248 valence electrons. The van der Waals surface area contributed by atoms with E-state index in [1.165, 1.54) is 83.0 Å². The monoisotopic (exact) mass is 684 g/mol. The summed E-state index contributed by atoms with van der Waals surface area (Å²) in [5, 5.41) is 7.70. The molecular formula is C51H28N2O. The van der Waals surface area contributed by atoms with E-state index in [1.54, 1.807) is 0 Å². The van der Waals surface area contributed by atoms with Gasteiger partial charge in [-0.1, -0.05) is 127 Å². The molecule has 2 aliphatic carbocycles. The molecule has 0 radical (unpaired) electrons. The molecule has 0 amide bonds. The molecule has 14 rings (SSSR count). The van der Waals surface area contributed by atoms with Gasteiger partial charge in [0, 0.05) is 44.4 Å². The van der Waals surface area contributed by atoms with Crippen LogP contribution < -0.4 is 5.56 Å². The van der Waals surface area contributed by atoms with Gasteiger partial charge in [-0.2, -0.15) is 0 Å². The van der Waals surface area contributed by atoms with Crippen LogP contribution in [-0.2, 0) is 12.0 Å². The van der Waals surface area contributed by atoms with Gasteiger partial charge in [-0.05, 0) is 91.4 Å². The van der Waals surface area contributed by atoms with Crippen LogP contribution >= 0.6 is 0 Å². The van der Waals surface area contributed by atoms with Crippen molar-refractivity contribution in [3.63, 3.8) is 0 Å². The van der Waals surface area contributed by atoms with Crippen LogP contribution in [0.4, 0.5) is 0 Å². The van der Waals surface area contributed by atoms with Crippen molar-refractivity contribution < 1.29 is 0 Å². The van der Waals surface area contributed by atoms with Crippen LogP contribution in [-0.4, -0.2) is 8.97 Å². The first-order chi connectivity index (χ1) is 26.7. The lowest BCUT2D eigenvalue weighted by Gasteiger charge is -2.30. The summed E-state index contributed by atoms with van der Waals surface area (Å²) in [6.45, 7) is 0.833. The highest BCUT2D eigenvalue weighted by Gasteiger charge is 2.52. The number of aromatic nitrogens is 2. The molecule has 0 saturated carbocycles. The SMILES string of the molecule is O=c1c2ccccc2c2cccc3c4cc5c(cc4n1c23)-c1cc2c(cc1C51c3ccccc3-c3ccccc31)c1cccc3c1n2Cc1ccccc1-3. The molecule has 4 heterocycles. The minimum atomic E-state index is -0.519. The van der Waals surface area contributed by atoms with Crippen LogP contribution in [0.2, 0.25) is 0 Å². The van der Waals surface area contributed by atoms with Crippen molar-refractivity contribution in [2.24, 2.45) is 0 Å². The van der Waals surface area contributed by atoms with Gasteiger partial charge in [0.15, 0.2) is 0 Å². The van der Waals surface area contributed by atoms with Gasteiger partial charge in [0.1, 0.15) is 0 Å². The number of hydrogen-bond acceptors (Lipinski definition) is 1. The topological polar surface area (TPSA) is 26.4 Å². The highest BCUT2D eigenvalue weighted by Crippen LogP contribution is 2.64. The average molecular weight is 685 g/mol. The predicted octanol–water partition coefficient (Wildman–Crippen LogP) is 11.7. The number of hydrogen-bond donors (Lipinski definition) is 0. The molecule has 0 fully saturated rings. The van der Waals surface area contributed by atoms with Crippen molar-refractivity contribution in [3.8, 4) is 33.4 Å². The lowest BCUT2D eigenvalue weighted by molar-refractivity contribution is 0.796. The molecule has 8 aromatic carbocycles. The second-order valence-electron chi connectivity index (χ2n) is 15.5. The Kier molecular flexibility index (Phi) is 4.68. The van der Waals surface area contributed by atoms with Gasteiger partial charge < -0.3 is 4.57 Å². The van der Waals surface area contributed by atoms with E-state index >= 15 is 0 Å². The van der Waals surface area contributed by atoms with Crippen molar-refractivity contribution in [1.82, 2.24) is 8.97 Å². The molecule has 3 nitrogen and oxygen atoms in total. The number of rotatable bonds is 0. The number of nitrogens with zero attached hydrogens (tertiary/aromatic N) is 2. The highest BCUT2D eigenvalue weighted by atomic mass is 16.1. The minimum absolute atomic E-state index is 0.0395. The molecule has 0 N–H and O–H groups in total. The molecule has 54 heavy (non-hydrogen) atoms. The molecule has 1 spiro atoms. The zero-order valence-corrected chi connectivity index (χ0v) is 29.0. The summed E-state index contributed by atoms with van der Waals surface area (Å²) in [5.74, 6) is 0. The Morgan fingerprint density at radius 2 is 0.907 bits per heavy atom. The van der Waals surface area contributed by atoms with E-state index in [-0.39, 0.29) is 5.56 Å². The van der Waals surface area contributed by atoms with Gasteiger partial charge in [-0.3, -0.25) is 9.20 Å². The van der Waals surface area contributed by atoms with Gasteiger partial charge >= 0.3 is 0 Å². The fourth-order valence-corrected chi connectivity index (χ4v) is 11.3. The first-order valence-corrected chi connectivity index (χ1v) is 18.8. The summed E-state index contributed by atoms with van der Waals surface area (Å²) in [6.07, 6.45) is 0. The summed E-state index contributed by atoms with van der Waals surface area (Å²) >= 11 is 0. The summed E-state index contributed by atoms with van der Waals surface area (Å²) in [5.41, 5.74) is 18.3. The Labute approximate surface area is 308 Å². The fraction of sp³-hybridized carbons (Fsp3) is 0.0392. The molecule has 0 saturated heterocycles. The Bertz CT molecular complexity index is 3570. The van der Waals surface area contributed by atoms with E-state index in [9.17, 15) is 4.79 Å². The summed E-state index contributed by atoms with van der Waals surface area (Å²) < 4.78 is 4.55. The third-order valence-corrected chi connectivity index (χ3v) is 13.3. The molecular weight excluding hydrogens is 657 g/mol. The maximum Gasteiger partial charge on any atom is 0.263 e. The number of pyridine rings is 1. The number of fused-ring (bicyclic) bond motifs is 20. The molecule has 0 bridgehead atoms. The van der Waals surface area contributed by atoms with E-state index in [2.05, 4.69) is 144 Å². The van der Waals surface area contributed by atoms with Crippen LogP contribution in [0.15, 0.2) is 163 Å². The Balaban J connectivity index is 1.20. The van der Waals surface area contributed by atoms with Gasteiger partial charge in [0.05, 0.1) is 27.5 Å². The smallest absolute Gasteiger partial charge is 0.263 e. The molecule has 0 atom stereocenters. The molecule has 3 aromatic heterocycles. The molecule has 1 aliphatic heterocycles. The van der Waals surface area contributed by atoms with Crippen molar-refractivity contribution in [1.29, 1.82) is 0 Å². The van der Waals surface area contributed by atoms with E-state index in [1.807, 2.05) is 22.6 Å². The van der Waals surface area contributed by atoms with E-state index in [0.29, 0.717) is 0 Å². The summed E-state index contributed by atoms with van der Waals surface area (Å²) in [7, 11) is 0. The maximum absolute atomic E-state index is 14.5. The van der Waals surface area contributed by atoms with Crippen LogP contribution in [0.25, 0.3) is 93.2 Å². The molecule has 3 aliphatic rings. The second-order valence-corrected chi connectivity index (χ2v) is 15.5. The third kappa shape index (κ3) is 2.92. The van der Waals surface area contributed by atoms with Crippen molar-refractivity contribution >= 4 is 59.8 Å². The van der Waals surface area contributed by atoms with Crippen LogP contribution in [0.1, 0.15) is 27.8 Å². The van der Waals surface area contributed by atoms with Crippen LogP contribution in [0.5, 0.6) is 0 Å². The number of benzene rings is 8. The van der Waals surface area contributed by atoms with Crippen molar-refractivity contribution in [3.05, 3.63) is 196 Å². The average Bonchev–Trinajstić information content (AvgIpc) is 3.91. The van der Waals surface area contributed by atoms with Crippen LogP contribution in [0.3, 0.4) is 0 Å². The second kappa shape index (κ2) is 9.14. The van der Waals surface area contributed by atoms with Crippen molar-refractivity contribution in [2.45, 2.75) is 12.0 Å². The summed E-state index contributed by atoms with van der Waals surface area (Å²) in [4.78, 5) is 14.5. The quantitative estimate of drug-likeness (QED) is 0.146. The highest BCUT2D eigenvalue weighted by molar-refractivity contribution is 6.22. The summed E-state index contributed by atoms with van der Waals surface area (Å²) in [6, 6.07) is 58.1. The first-order valence-electron chi connectivity index (χ1n) is 18.8. The van der Waals surface area contributed by atoms with Gasteiger partial charge in [0.25, 0.3) is 5.56 Å². The lowest BCUT2D eigenvalue weighted by atomic mass is 9.70. The fourth-order valence-electron chi connectivity index (χ4n) is 11.3. The minimum Gasteiger partial charge on any atom is -0.335 e. The largest absolute Gasteiger partial charge is 0.335 e. The van der Waals surface area contributed by atoms with Gasteiger partial charge in [-0.25, -0.2) is 0 Å². The maximum atomic E-state index is 14.5. The number of para-hydroxylation sites is 2. The van der Waals surface area contributed by atoms with E-state index < -0.39 is 5.41 Å². The van der Waals surface area contributed by atoms with E-state index in [0.717, 1.165) is 44.5 Å². The Morgan fingerprint density at radius 3 is 1.65 bits per heavy atom. The van der Waals surface area contributed by atoms with E-state index in [4.69, 9.17) is 0 Å².